The van der Waals surface area contributed by atoms with Gasteiger partial charge in [-0.25, -0.2) is 0 Å². The molecule has 1 fully saturated rings. The maximum absolute atomic E-state index is 12.3. The number of amides is 1. The Morgan fingerprint density at radius 3 is 2.75 bits per heavy atom. The Morgan fingerprint density at radius 1 is 1.45 bits per heavy atom. The number of nitro benzene ring substituents is 1. The molecule has 1 atom stereocenters. The van der Waals surface area contributed by atoms with Crippen LogP contribution in [0, 0.1) is 10.1 Å². The molecule has 6 heteroatoms. The molecule has 0 aromatic heterocycles. The van der Waals surface area contributed by atoms with Gasteiger partial charge < -0.3 is 9.64 Å². The van der Waals surface area contributed by atoms with Gasteiger partial charge in [0.05, 0.1) is 11.0 Å². The minimum Gasteiger partial charge on any atom is -0.377 e. The minimum atomic E-state index is -0.472. The lowest BCUT2D eigenvalue weighted by molar-refractivity contribution is -0.384. The number of nitrogens with zero attached hydrogens (tertiary/aromatic N) is 2. The van der Waals surface area contributed by atoms with Gasteiger partial charge in [0.1, 0.15) is 0 Å². The highest BCUT2D eigenvalue weighted by atomic mass is 16.6. The topological polar surface area (TPSA) is 72.7 Å². The fraction of sp³-hybridized carbons (Fsp3) is 0.500. The Balaban J connectivity index is 2.04. The average Bonchev–Trinajstić information content (AvgIpc) is 2.47. The molecule has 1 aliphatic rings. The molecule has 1 aliphatic heterocycles. The maximum Gasteiger partial charge on any atom is 0.269 e. The Hall–Kier alpha value is -1.95. The number of piperidine rings is 1. The number of hydrogen-bond acceptors (Lipinski definition) is 4. The molecular weight excluding hydrogens is 260 g/mol. The van der Waals surface area contributed by atoms with Crippen LogP contribution >= 0.6 is 0 Å². The molecular formula is C14H18N2O4. The van der Waals surface area contributed by atoms with E-state index in [2.05, 4.69) is 0 Å². The molecule has 1 heterocycles. The molecule has 0 N–H and O–H groups in total. The molecule has 2 rings (SSSR count). The van der Waals surface area contributed by atoms with Crippen molar-refractivity contribution in [2.45, 2.75) is 25.9 Å². The number of rotatable bonds is 4. The van der Waals surface area contributed by atoms with E-state index in [9.17, 15) is 14.9 Å². The van der Waals surface area contributed by atoms with Gasteiger partial charge in [-0.15, -0.1) is 0 Å². The summed E-state index contributed by atoms with van der Waals surface area (Å²) in [6, 6.07) is 5.73. The van der Waals surface area contributed by atoms with Crippen LogP contribution in [0.15, 0.2) is 24.3 Å². The third-order valence-corrected chi connectivity index (χ3v) is 3.39. The largest absolute Gasteiger partial charge is 0.377 e. The highest BCUT2D eigenvalue weighted by Crippen LogP contribution is 2.18. The summed E-state index contributed by atoms with van der Waals surface area (Å²) >= 11 is 0. The predicted molar refractivity (Wildman–Crippen MR) is 73.6 cm³/mol. The van der Waals surface area contributed by atoms with E-state index in [0.29, 0.717) is 25.3 Å². The van der Waals surface area contributed by atoms with Gasteiger partial charge in [-0.05, 0) is 31.9 Å². The van der Waals surface area contributed by atoms with Crippen molar-refractivity contribution in [3.05, 3.63) is 39.9 Å². The molecule has 0 unspecified atom stereocenters. The van der Waals surface area contributed by atoms with Crippen LogP contribution in [0.4, 0.5) is 5.69 Å². The lowest BCUT2D eigenvalue weighted by atomic mass is 10.1. The molecule has 108 valence electrons. The van der Waals surface area contributed by atoms with Crippen LogP contribution in [0.2, 0.25) is 0 Å². The second-order valence-electron chi connectivity index (χ2n) is 4.77. The van der Waals surface area contributed by atoms with Crippen molar-refractivity contribution >= 4 is 11.6 Å². The number of ether oxygens (including phenoxy) is 1. The summed E-state index contributed by atoms with van der Waals surface area (Å²) in [5.41, 5.74) is 0.472. The molecule has 0 bridgehead atoms. The summed E-state index contributed by atoms with van der Waals surface area (Å²) < 4.78 is 5.57. The SMILES string of the molecule is CCO[C@H]1CCCN(C(=O)c2ccc([N+](=O)[O-])cc2)C1. The lowest BCUT2D eigenvalue weighted by Gasteiger charge is -2.32. The minimum absolute atomic E-state index is 0.00705. The van der Waals surface area contributed by atoms with Crippen LogP contribution in [0.25, 0.3) is 0 Å². The van der Waals surface area contributed by atoms with Gasteiger partial charge in [0.2, 0.25) is 0 Å². The van der Waals surface area contributed by atoms with E-state index in [0.717, 1.165) is 12.8 Å². The monoisotopic (exact) mass is 278 g/mol. The predicted octanol–water partition coefficient (Wildman–Crippen LogP) is 2.24. The van der Waals surface area contributed by atoms with Crippen molar-refractivity contribution in [1.82, 2.24) is 4.90 Å². The first kappa shape index (κ1) is 14.5. The fourth-order valence-corrected chi connectivity index (χ4v) is 2.40. The summed E-state index contributed by atoms with van der Waals surface area (Å²) in [4.78, 5) is 24.2. The molecule has 0 spiro atoms. The van der Waals surface area contributed by atoms with Gasteiger partial charge >= 0.3 is 0 Å². The summed E-state index contributed by atoms with van der Waals surface area (Å²) in [6.07, 6.45) is 1.98. The zero-order valence-corrected chi connectivity index (χ0v) is 11.4. The number of non-ortho nitro benzene ring substituents is 1. The van der Waals surface area contributed by atoms with Crippen LogP contribution in [-0.2, 0) is 4.74 Å². The number of carbonyl (C=O) groups excluding carboxylic acids is 1. The smallest absolute Gasteiger partial charge is 0.269 e. The first-order valence-electron chi connectivity index (χ1n) is 6.77. The van der Waals surface area contributed by atoms with E-state index in [1.165, 1.54) is 24.3 Å². The number of carbonyl (C=O) groups is 1. The van der Waals surface area contributed by atoms with Gasteiger partial charge in [-0.3, -0.25) is 14.9 Å². The molecule has 0 aliphatic carbocycles. The zero-order chi connectivity index (χ0) is 14.5. The molecule has 1 amide bonds. The van der Waals surface area contributed by atoms with E-state index < -0.39 is 4.92 Å². The summed E-state index contributed by atoms with van der Waals surface area (Å²) in [5, 5.41) is 10.6. The second kappa shape index (κ2) is 6.47. The van der Waals surface area contributed by atoms with Gasteiger partial charge in [0.15, 0.2) is 0 Å². The Morgan fingerprint density at radius 2 is 2.15 bits per heavy atom. The molecule has 1 aromatic rings. The average molecular weight is 278 g/mol. The van der Waals surface area contributed by atoms with Gasteiger partial charge in [0, 0.05) is 37.4 Å². The molecule has 1 saturated heterocycles. The summed E-state index contributed by atoms with van der Waals surface area (Å²) in [6.45, 7) is 3.88. The molecule has 1 aromatic carbocycles. The van der Waals surface area contributed by atoms with Crippen molar-refractivity contribution in [3.8, 4) is 0 Å². The molecule has 20 heavy (non-hydrogen) atoms. The van der Waals surface area contributed by atoms with Crippen molar-refractivity contribution in [3.63, 3.8) is 0 Å². The van der Waals surface area contributed by atoms with Gasteiger partial charge in [-0.2, -0.15) is 0 Å². The number of hydrogen-bond donors (Lipinski definition) is 0. The second-order valence-corrected chi connectivity index (χ2v) is 4.77. The summed E-state index contributed by atoms with van der Waals surface area (Å²) in [5.74, 6) is -0.0932. The Kier molecular flexibility index (Phi) is 4.68. The molecule has 6 nitrogen and oxygen atoms in total. The zero-order valence-electron chi connectivity index (χ0n) is 11.4. The lowest BCUT2D eigenvalue weighted by Crippen LogP contribution is -2.43. The van der Waals surface area contributed by atoms with Crippen LogP contribution in [0.1, 0.15) is 30.1 Å². The molecule has 0 radical (unpaired) electrons. The first-order valence-corrected chi connectivity index (χ1v) is 6.77. The fourth-order valence-electron chi connectivity index (χ4n) is 2.40. The van der Waals surface area contributed by atoms with E-state index in [-0.39, 0.29) is 17.7 Å². The van der Waals surface area contributed by atoms with Crippen molar-refractivity contribution in [2.24, 2.45) is 0 Å². The van der Waals surface area contributed by atoms with Crippen molar-refractivity contribution in [1.29, 1.82) is 0 Å². The van der Waals surface area contributed by atoms with E-state index in [1.807, 2.05) is 6.92 Å². The van der Waals surface area contributed by atoms with E-state index in [1.54, 1.807) is 4.90 Å². The Bertz CT molecular complexity index is 484. The van der Waals surface area contributed by atoms with Gasteiger partial charge in [-0.1, -0.05) is 0 Å². The number of nitro groups is 1. The van der Waals surface area contributed by atoms with Crippen molar-refractivity contribution < 1.29 is 14.5 Å². The van der Waals surface area contributed by atoms with E-state index in [4.69, 9.17) is 4.74 Å². The summed E-state index contributed by atoms with van der Waals surface area (Å²) in [7, 11) is 0. The Labute approximate surface area is 117 Å². The van der Waals surface area contributed by atoms with Crippen LogP contribution in [-0.4, -0.2) is 41.5 Å². The van der Waals surface area contributed by atoms with Crippen LogP contribution < -0.4 is 0 Å². The van der Waals surface area contributed by atoms with Crippen LogP contribution in [0.5, 0.6) is 0 Å². The number of likely N-dealkylation sites (tertiary alicyclic amines) is 1. The number of benzene rings is 1. The highest BCUT2D eigenvalue weighted by Gasteiger charge is 2.24. The van der Waals surface area contributed by atoms with Crippen molar-refractivity contribution in [2.75, 3.05) is 19.7 Å². The highest BCUT2D eigenvalue weighted by molar-refractivity contribution is 5.94. The van der Waals surface area contributed by atoms with E-state index >= 15 is 0 Å². The first-order chi connectivity index (χ1) is 9.61. The normalized spacial score (nSPS) is 18.9. The molecule has 0 saturated carbocycles. The van der Waals surface area contributed by atoms with Gasteiger partial charge in [0.25, 0.3) is 11.6 Å². The van der Waals surface area contributed by atoms with Crippen LogP contribution in [0.3, 0.4) is 0 Å². The standard InChI is InChI=1S/C14H18N2O4/c1-2-20-13-4-3-9-15(10-13)14(17)11-5-7-12(8-6-11)16(18)19/h5-8,13H,2-4,9-10H2,1H3/t13-/m0/s1. The quantitative estimate of drug-likeness (QED) is 0.625. The maximum atomic E-state index is 12.3. The third kappa shape index (κ3) is 3.33. The third-order valence-electron chi connectivity index (χ3n) is 3.39.